The highest BCUT2D eigenvalue weighted by molar-refractivity contribution is 5.50. The van der Waals surface area contributed by atoms with Crippen LogP contribution in [0.25, 0.3) is 5.69 Å². The summed E-state index contributed by atoms with van der Waals surface area (Å²) in [6.07, 6.45) is 0. The van der Waals surface area contributed by atoms with Crippen LogP contribution in [-0.2, 0) is 6.54 Å². The number of aryl methyl sites for hydroxylation is 2. The third kappa shape index (κ3) is 3.37. The van der Waals surface area contributed by atoms with E-state index in [-0.39, 0.29) is 5.75 Å². The molecule has 3 rings (SSSR count). The molecule has 0 spiro atoms. The Balaban J connectivity index is 1.76. The first-order valence-electron chi connectivity index (χ1n) is 7.66. The smallest absolute Gasteiger partial charge is 0.117 e. The minimum atomic E-state index is 0.286. The van der Waals surface area contributed by atoms with Crippen LogP contribution in [0.2, 0.25) is 0 Å². The van der Waals surface area contributed by atoms with Crippen molar-refractivity contribution in [2.24, 2.45) is 0 Å². The van der Waals surface area contributed by atoms with Gasteiger partial charge in [-0.2, -0.15) is 5.10 Å². The lowest BCUT2D eigenvalue weighted by Gasteiger charge is -2.19. The number of phenolic OH excluding ortho intramolecular Hbond substituents is 1. The van der Waals surface area contributed by atoms with E-state index in [0.29, 0.717) is 0 Å². The molecule has 1 aromatic heterocycles. The number of aromatic nitrogens is 2. The first-order valence-corrected chi connectivity index (χ1v) is 7.66. The van der Waals surface area contributed by atoms with Crippen LogP contribution in [0.15, 0.2) is 54.6 Å². The Hall–Kier alpha value is -2.75. The second-order valence-electron chi connectivity index (χ2n) is 5.88. The lowest BCUT2D eigenvalue weighted by atomic mass is 10.2. The van der Waals surface area contributed by atoms with E-state index in [0.717, 1.165) is 29.3 Å². The summed E-state index contributed by atoms with van der Waals surface area (Å²) in [7, 11) is 2.02. The fourth-order valence-corrected chi connectivity index (χ4v) is 2.73. The largest absolute Gasteiger partial charge is 0.508 e. The van der Waals surface area contributed by atoms with E-state index in [2.05, 4.69) is 47.3 Å². The van der Waals surface area contributed by atoms with Gasteiger partial charge in [0.15, 0.2) is 0 Å². The zero-order chi connectivity index (χ0) is 16.4. The normalized spacial score (nSPS) is 10.7. The Kier molecular flexibility index (Phi) is 4.06. The molecule has 0 fully saturated rings. The highest BCUT2D eigenvalue weighted by Gasteiger charge is 2.06. The molecular weight excluding hydrogens is 286 g/mol. The number of phenols is 1. The van der Waals surface area contributed by atoms with E-state index < -0.39 is 0 Å². The maximum absolute atomic E-state index is 9.58. The van der Waals surface area contributed by atoms with Crippen molar-refractivity contribution in [1.29, 1.82) is 0 Å². The third-order valence-electron chi connectivity index (χ3n) is 3.88. The van der Waals surface area contributed by atoms with Crippen molar-refractivity contribution in [3.63, 3.8) is 0 Å². The molecule has 118 valence electrons. The van der Waals surface area contributed by atoms with Crippen LogP contribution in [0.1, 0.15) is 17.0 Å². The molecule has 3 aromatic rings. The Bertz CT molecular complexity index is 806. The van der Waals surface area contributed by atoms with Gasteiger partial charge in [0, 0.05) is 31.0 Å². The average Bonchev–Trinajstić information content (AvgIpc) is 2.86. The number of benzene rings is 2. The van der Waals surface area contributed by atoms with E-state index in [1.807, 2.05) is 30.8 Å². The Morgan fingerprint density at radius 1 is 1.04 bits per heavy atom. The van der Waals surface area contributed by atoms with Crippen molar-refractivity contribution in [1.82, 2.24) is 9.78 Å². The van der Waals surface area contributed by atoms with Crippen molar-refractivity contribution in [3.05, 3.63) is 71.5 Å². The predicted molar refractivity (Wildman–Crippen MR) is 93.3 cm³/mol. The summed E-state index contributed by atoms with van der Waals surface area (Å²) < 4.78 is 1.96. The monoisotopic (exact) mass is 307 g/mol. The van der Waals surface area contributed by atoms with Gasteiger partial charge in [0.05, 0.1) is 11.4 Å². The molecule has 2 aromatic carbocycles. The van der Waals surface area contributed by atoms with Gasteiger partial charge < -0.3 is 10.0 Å². The molecule has 0 saturated carbocycles. The van der Waals surface area contributed by atoms with Crippen LogP contribution < -0.4 is 4.90 Å². The summed E-state index contributed by atoms with van der Waals surface area (Å²) in [6, 6.07) is 17.8. The topological polar surface area (TPSA) is 41.3 Å². The van der Waals surface area contributed by atoms with Crippen molar-refractivity contribution < 1.29 is 5.11 Å². The first-order chi connectivity index (χ1) is 11.0. The summed E-state index contributed by atoms with van der Waals surface area (Å²) in [5.74, 6) is 0.286. The molecule has 0 saturated heterocycles. The van der Waals surface area contributed by atoms with Crippen LogP contribution >= 0.6 is 0 Å². The second-order valence-corrected chi connectivity index (χ2v) is 5.88. The molecule has 0 atom stereocenters. The fraction of sp³-hybridized carbons (Fsp3) is 0.211. The standard InChI is InChI=1S/C19H21N3O/c1-14-11-15(2)22(20-14)17-9-7-16(8-10-17)13-21(3)18-5-4-6-19(23)12-18/h4-12,23H,13H2,1-3H3. The summed E-state index contributed by atoms with van der Waals surface area (Å²) >= 11 is 0. The molecule has 0 bridgehead atoms. The number of hydrogen-bond acceptors (Lipinski definition) is 3. The molecule has 0 unspecified atom stereocenters. The summed E-state index contributed by atoms with van der Waals surface area (Å²) in [5, 5.41) is 14.1. The second kappa shape index (κ2) is 6.16. The van der Waals surface area contributed by atoms with E-state index >= 15 is 0 Å². The Labute approximate surface area is 136 Å². The zero-order valence-corrected chi connectivity index (χ0v) is 13.7. The fourth-order valence-electron chi connectivity index (χ4n) is 2.73. The molecular formula is C19H21N3O. The lowest BCUT2D eigenvalue weighted by Crippen LogP contribution is -2.16. The van der Waals surface area contributed by atoms with Crippen LogP contribution in [0.5, 0.6) is 5.75 Å². The number of aromatic hydroxyl groups is 1. The molecule has 4 heteroatoms. The first kappa shape index (κ1) is 15.2. The van der Waals surface area contributed by atoms with Gasteiger partial charge in [-0.1, -0.05) is 18.2 Å². The van der Waals surface area contributed by atoms with Crippen molar-refractivity contribution in [2.75, 3.05) is 11.9 Å². The van der Waals surface area contributed by atoms with E-state index in [1.165, 1.54) is 5.56 Å². The van der Waals surface area contributed by atoms with Crippen molar-refractivity contribution >= 4 is 5.69 Å². The molecule has 1 heterocycles. The molecule has 0 amide bonds. The van der Waals surface area contributed by atoms with E-state index in [9.17, 15) is 5.11 Å². The highest BCUT2D eigenvalue weighted by atomic mass is 16.3. The molecule has 0 radical (unpaired) electrons. The number of hydrogen-bond donors (Lipinski definition) is 1. The molecule has 0 aliphatic carbocycles. The van der Waals surface area contributed by atoms with E-state index in [1.54, 1.807) is 12.1 Å². The van der Waals surface area contributed by atoms with Crippen molar-refractivity contribution in [3.8, 4) is 11.4 Å². The van der Waals surface area contributed by atoms with E-state index in [4.69, 9.17) is 0 Å². The third-order valence-corrected chi connectivity index (χ3v) is 3.88. The lowest BCUT2D eigenvalue weighted by molar-refractivity contribution is 0.475. The maximum Gasteiger partial charge on any atom is 0.117 e. The zero-order valence-electron chi connectivity index (χ0n) is 13.7. The number of rotatable bonds is 4. The number of anilines is 1. The van der Waals surface area contributed by atoms with Gasteiger partial charge >= 0.3 is 0 Å². The highest BCUT2D eigenvalue weighted by Crippen LogP contribution is 2.21. The quantitative estimate of drug-likeness (QED) is 0.796. The Morgan fingerprint density at radius 3 is 2.39 bits per heavy atom. The number of nitrogens with zero attached hydrogens (tertiary/aromatic N) is 3. The predicted octanol–water partition coefficient (Wildman–Crippen LogP) is 3.83. The van der Waals surface area contributed by atoms with Gasteiger partial charge in [-0.15, -0.1) is 0 Å². The van der Waals surface area contributed by atoms with Gasteiger partial charge in [0.25, 0.3) is 0 Å². The molecule has 0 aliphatic heterocycles. The average molecular weight is 307 g/mol. The maximum atomic E-state index is 9.58. The summed E-state index contributed by atoms with van der Waals surface area (Å²) in [6.45, 7) is 4.84. The summed E-state index contributed by atoms with van der Waals surface area (Å²) in [4.78, 5) is 2.11. The van der Waals surface area contributed by atoms with Gasteiger partial charge in [0.1, 0.15) is 5.75 Å². The van der Waals surface area contributed by atoms with Gasteiger partial charge in [-0.3, -0.25) is 0 Å². The molecule has 4 nitrogen and oxygen atoms in total. The van der Waals surface area contributed by atoms with Gasteiger partial charge in [-0.05, 0) is 49.7 Å². The van der Waals surface area contributed by atoms with Crippen molar-refractivity contribution in [2.45, 2.75) is 20.4 Å². The van der Waals surface area contributed by atoms with Crippen LogP contribution in [-0.4, -0.2) is 21.9 Å². The summed E-state index contributed by atoms with van der Waals surface area (Å²) in [5.41, 5.74) is 5.43. The minimum absolute atomic E-state index is 0.286. The van der Waals surface area contributed by atoms with Crippen LogP contribution in [0.4, 0.5) is 5.69 Å². The van der Waals surface area contributed by atoms with Gasteiger partial charge in [-0.25, -0.2) is 4.68 Å². The van der Waals surface area contributed by atoms with Crippen LogP contribution in [0.3, 0.4) is 0 Å². The Morgan fingerprint density at radius 2 is 1.78 bits per heavy atom. The van der Waals surface area contributed by atoms with Crippen LogP contribution in [0, 0.1) is 13.8 Å². The molecule has 23 heavy (non-hydrogen) atoms. The van der Waals surface area contributed by atoms with Gasteiger partial charge in [0.2, 0.25) is 0 Å². The molecule has 1 N–H and O–H groups in total. The molecule has 0 aliphatic rings. The minimum Gasteiger partial charge on any atom is -0.508 e. The SMILES string of the molecule is Cc1cc(C)n(-c2ccc(CN(C)c3cccc(O)c3)cc2)n1.